The lowest BCUT2D eigenvalue weighted by Gasteiger charge is -2.13. The SMILES string of the molecule is CNCc1cn(CC(=O)NC(C)COC)c2ncccc12. The van der Waals surface area contributed by atoms with E-state index >= 15 is 0 Å². The van der Waals surface area contributed by atoms with Gasteiger partial charge in [0.25, 0.3) is 0 Å². The van der Waals surface area contributed by atoms with Gasteiger partial charge < -0.3 is 19.9 Å². The maximum absolute atomic E-state index is 12.1. The van der Waals surface area contributed by atoms with Gasteiger partial charge in [-0.1, -0.05) is 0 Å². The molecule has 0 radical (unpaired) electrons. The summed E-state index contributed by atoms with van der Waals surface area (Å²) in [5, 5.41) is 7.11. The summed E-state index contributed by atoms with van der Waals surface area (Å²) >= 11 is 0. The average Bonchev–Trinajstić information content (AvgIpc) is 2.78. The van der Waals surface area contributed by atoms with Crippen LogP contribution >= 0.6 is 0 Å². The Labute approximate surface area is 124 Å². The van der Waals surface area contributed by atoms with Crippen LogP contribution in [-0.2, 0) is 22.6 Å². The monoisotopic (exact) mass is 290 g/mol. The molecule has 21 heavy (non-hydrogen) atoms. The van der Waals surface area contributed by atoms with E-state index in [-0.39, 0.29) is 18.5 Å². The number of methoxy groups -OCH3 is 1. The van der Waals surface area contributed by atoms with Crippen LogP contribution in [0.4, 0.5) is 0 Å². The number of rotatable bonds is 7. The number of pyridine rings is 1. The van der Waals surface area contributed by atoms with Crippen molar-refractivity contribution < 1.29 is 9.53 Å². The normalized spacial score (nSPS) is 12.5. The smallest absolute Gasteiger partial charge is 0.240 e. The van der Waals surface area contributed by atoms with Crippen molar-refractivity contribution >= 4 is 16.9 Å². The quantitative estimate of drug-likeness (QED) is 0.795. The predicted molar refractivity (Wildman–Crippen MR) is 82.0 cm³/mol. The van der Waals surface area contributed by atoms with E-state index in [4.69, 9.17) is 4.74 Å². The third kappa shape index (κ3) is 3.80. The molecule has 6 nitrogen and oxygen atoms in total. The second kappa shape index (κ2) is 7.19. The first kappa shape index (κ1) is 15.5. The Hall–Kier alpha value is -1.92. The van der Waals surface area contributed by atoms with Gasteiger partial charge in [0.1, 0.15) is 12.2 Å². The van der Waals surface area contributed by atoms with Gasteiger partial charge in [-0.05, 0) is 31.7 Å². The van der Waals surface area contributed by atoms with Crippen molar-refractivity contribution in [2.75, 3.05) is 20.8 Å². The molecule has 2 aromatic rings. The summed E-state index contributed by atoms with van der Waals surface area (Å²) in [7, 11) is 3.52. The molecular formula is C15H22N4O2. The highest BCUT2D eigenvalue weighted by molar-refractivity contribution is 5.83. The van der Waals surface area contributed by atoms with E-state index in [0.717, 1.165) is 23.1 Å². The van der Waals surface area contributed by atoms with Crippen LogP contribution in [0.2, 0.25) is 0 Å². The molecule has 2 rings (SSSR count). The number of aromatic nitrogens is 2. The van der Waals surface area contributed by atoms with E-state index < -0.39 is 0 Å². The van der Waals surface area contributed by atoms with E-state index in [2.05, 4.69) is 15.6 Å². The van der Waals surface area contributed by atoms with Crippen molar-refractivity contribution in [3.8, 4) is 0 Å². The number of carbonyl (C=O) groups excluding carboxylic acids is 1. The van der Waals surface area contributed by atoms with Gasteiger partial charge in [-0.2, -0.15) is 0 Å². The number of carbonyl (C=O) groups is 1. The van der Waals surface area contributed by atoms with Crippen LogP contribution in [0.15, 0.2) is 24.5 Å². The summed E-state index contributed by atoms with van der Waals surface area (Å²) in [4.78, 5) is 16.5. The lowest BCUT2D eigenvalue weighted by molar-refractivity contribution is -0.122. The number of nitrogens with one attached hydrogen (secondary N) is 2. The average molecular weight is 290 g/mol. The van der Waals surface area contributed by atoms with Gasteiger partial charge in [0.15, 0.2) is 0 Å². The van der Waals surface area contributed by atoms with Crippen molar-refractivity contribution in [1.82, 2.24) is 20.2 Å². The van der Waals surface area contributed by atoms with Crippen molar-refractivity contribution in [2.45, 2.75) is 26.1 Å². The molecule has 6 heteroatoms. The lowest BCUT2D eigenvalue weighted by atomic mass is 10.2. The third-order valence-electron chi connectivity index (χ3n) is 3.22. The van der Waals surface area contributed by atoms with Gasteiger partial charge in [0, 0.05) is 37.5 Å². The van der Waals surface area contributed by atoms with Crippen molar-refractivity contribution in [1.29, 1.82) is 0 Å². The van der Waals surface area contributed by atoms with Crippen molar-refractivity contribution in [3.63, 3.8) is 0 Å². The molecule has 0 aliphatic rings. The fourth-order valence-electron chi connectivity index (χ4n) is 2.41. The number of hydrogen-bond donors (Lipinski definition) is 2. The maximum Gasteiger partial charge on any atom is 0.240 e. The molecule has 2 N–H and O–H groups in total. The minimum absolute atomic E-state index is 0.00550. The zero-order chi connectivity index (χ0) is 15.2. The summed E-state index contributed by atoms with van der Waals surface area (Å²) < 4.78 is 6.90. The predicted octanol–water partition coefficient (Wildman–Crippen LogP) is 0.907. The fourth-order valence-corrected chi connectivity index (χ4v) is 2.41. The molecule has 0 fully saturated rings. The van der Waals surface area contributed by atoms with Crippen LogP contribution < -0.4 is 10.6 Å². The Morgan fingerprint density at radius 1 is 1.52 bits per heavy atom. The molecule has 0 aliphatic heterocycles. The van der Waals surface area contributed by atoms with Gasteiger partial charge in [0.05, 0.1) is 6.61 Å². The third-order valence-corrected chi connectivity index (χ3v) is 3.22. The Morgan fingerprint density at radius 2 is 2.33 bits per heavy atom. The van der Waals surface area contributed by atoms with Gasteiger partial charge in [-0.25, -0.2) is 4.98 Å². The second-order valence-corrected chi connectivity index (χ2v) is 5.11. The van der Waals surface area contributed by atoms with Crippen LogP contribution in [0.1, 0.15) is 12.5 Å². The summed E-state index contributed by atoms with van der Waals surface area (Å²) in [6, 6.07) is 3.93. The minimum atomic E-state index is -0.0434. The number of hydrogen-bond acceptors (Lipinski definition) is 4. The highest BCUT2D eigenvalue weighted by atomic mass is 16.5. The van der Waals surface area contributed by atoms with Gasteiger partial charge >= 0.3 is 0 Å². The van der Waals surface area contributed by atoms with E-state index in [9.17, 15) is 4.79 Å². The van der Waals surface area contributed by atoms with Crippen LogP contribution in [0.5, 0.6) is 0 Å². The van der Waals surface area contributed by atoms with E-state index in [0.29, 0.717) is 6.61 Å². The lowest BCUT2D eigenvalue weighted by Crippen LogP contribution is -2.37. The van der Waals surface area contributed by atoms with E-state index in [1.807, 2.05) is 36.9 Å². The number of ether oxygens (including phenoxy) is 1. The molecule has 0 saturated carbocycles. The topological polar surface area (TPSA) is 68.2 Å². The van der Waals surface area contributed by atoms with Gasteiger partial charge in [0.2, 0.25) is 5.91 Å². The highest BCUT2D eigenvalue weighted by Crippen LogP contribution is 2.19. The number of fused-ring (bicyclic) bond motifs is 1. The Balaban J connectivity index is 2.16. The van der Waals surface area contributed by atoms with Crippen LogP contribution in [-0.4, -0.2) is 42.3 Å². The van der Waals surface area contributed by atoms with Gasteiger partial charge in [-0.3, -0.25) is 4.79 Å². The summed E-state index contributed by atoms with van der Waals surface area (Å²) in [6.45, 7) is 3.42. The molecule has 0 aliphatic carbocycles. The number of amides is 1. The molecule has 1 unspecified atom stereocenters. The van der Waals surface area contributed by atoms with Gasteiger partial charge in [-0.15, -0.1) is 0 Å². The maximum atomic E-state index is 12.1. The molecule has 2 aromatic heterocycles. The second-order valence-electron chi connectivity index (χ2n) is 5.11. The van der Waals surface area contributed by atoms with E-state index in [1.165, 1.54) is 0 Å². The standard InChI is InChI=1S/C15H22N4O2/c1-11(10-21-3)18-14(20)9-19-8-12(7-16-2)13-5-4-6-17-15(13)19/h4-6,8,11,16H,7,9-10H2,1-3H3,(H,18,20). The molecule has 0 aromatic carbocycles. The first-order chi connectivity index (χ1) is 10.2. The molecule has 1 atom stereocenters. The number of nitrogens with zero attached hydrogens (tertiary/aromatic N) is 2. The summed E-state index contributed by atoms with van der Waals surface area (Å²) in [5.41, 5.74) is 1.97. The largest absolute Gasteiger partial charge is 0.383 e. The fraction of sp³-hybridized carbons (Fsp3) is 0.467. The molecule has 0 bridgehead atoms. The first-order valence-corrected chi connectivity index (χ1v) is 7.01. The highest BCUT2D eigenvalue weighted by Gasteiger charge is 2.13. The Bertz CT molecular complexity index is 609. The zero-order valence-corrected chi connectivity index (χ0v) is 12.7. The Kier molecular flexibility index (Phi) is 5.30. The molecule has 0 spiro atoms. The molecule has 1 amide bonds. The molecular weight excluding hydrogens is 268 g/mol. The molecule has 114 valence electrons. The molecule has 2 heterocycles. The van der Waals surface area contributed by atoms with E-state index in [1.54, 1.807) is 13.3 Å². The Morgan fingerprint density at radius 3 is 3.05 bits per heavy atom. The van der Waals surface area contributed by atoms with Crippen LogP contribution in [0.25, 0.3) is 11.0 Å². The van der Waals surface area contributed by atoms with Crippen LogP contribution in [0.3, 0.4) is 0 Å². The zero-order valence-electron chi connectivity index (χ0n) is 12.7. The van der Waals surface area contributed by atoms with Crippen molar-refractivity contribution in [2.24, 2.45) is 0 Å². The molecule has 0 saturated heterocycles. The summed E-state index contributed by atoms with van der Waals surface area (Å²) in [6.07, 6.45) is 3.72. The van der Waals surface area contributed by atoms with Crippen molar-refractivity contribution in [3.05, 3.63) is 30.1 Å². The summed E-state index contributed by atoms with van der Waals surface area (Å²) in [5.74, 6) is -0.0434. The minimum Gasteiger partial charge on any atom is -0.383 e. The first-order valence-electron chi connectivity index (χ1n) is 7.01. The van der Waals surface area contributed by atoms with Crippen LogP contribution in [0, 0.1) is 0 Å².